The summed E-state index contributed by atoms with van der Waals surface area (Å²) in [5.41, 5.74) is 0. The van der Waals surface area contributed by atoms with Crippen molar-refractivity contribution in [2.45, 2.75) is 0 Å². The molecule has 4 nitrogen and oxygen atoms in total. The van der Waals surface area contributed by atoms with Crippen LogP contribution in [-0.4, -0.2) is 46.6 Å². The molecule has 2 N–H and O–H groups in total. The van der Waals surface area contributed by atoms with Crippen LogP contribution >= 0.6 is 0 Å². The number of carboxylic acid groups (broad SMARTS) is 2. The molecule has 0 saturated carbocycles. The summed E-state index contributed by atoms with van der Waals surface area (Å²) in [5.74, 6) is -2.51. The van der Waals surface area contributed by atoms with Gasteiger partial charge < -0.3 is 11.6 Å². The van der Waals surface area contributed by atoms with Gasteiger partial charge in [-0.1, -0.05) is 0 Å². The average molecular weight is 281 g/mol. The zero-order chi connectivity index (χ0) is 6.57. The molecule has 0 aromatic carbocycles. The van der Waals surface area contributed by atoms with Crippen molar-refractivity contribution in [1.29, 1.82) is 0 Å². The summed E-state index contributed by atoms with van der Waals surface area (Å²) in [6.45, 7) is 0. The molecule has 0 unspecified atom stereocenters. The third-order valence-electron chi connectivity index (χ3n) is 0.368. The maximum atomic E-state index is 9.55. The summed E-state index contributed by atoms with van der Waals surface area (Å²) < 4.78 is 0. The second kappa shape index (κ2) is 10.1. The number of hydrogen-bond acceptors (Lipinski definition) is 2. The van der Waals surface area contributed by atoms with Crippen LogP contribution in [0, 0.1) is 0 Å². The number of carboxylic acids is 2. The molecule has 0 aliphatic carbocycles. The van der Waals surface area contributed by atoms with E-state index in [1.807, 2.05) is 0 Å². The van der Waals surface area contributed by atoms with Gasteiger partial charge in [-0.15, -0.1) is 0 Å². The van der Waals surface area contributed by atoms with E-state index < -0.39 is 11.9 Å². The van der Waals surface area contributed by atoms with E-state index in [9.17, 15) is 9.59 Å². The van der Waals surface area contributed by atoms with Crippen molar-refractivity contribution in [3.8, 4) is 0 Å². The van der Waals surface area contributed by atoms with Gasteiger partial charge in [0.05, 0.1) is 0 Å². The van der Waals surface area contributed by atoms with Crippen LogP contribution in [0.15, 0.2) is 12.2 Å². The molecule has 0 amide bonds. The maximum absolute atomic E-state index is 9.55. The molecule has 0 bridgehead atoms. The van der Waals surface area contributed by atoms with Crippen molar-refractivity contribution in [2.24, 2.45) is 0 Å². The van der Waals surface area contributed by atoms with E-state index in [2.05, 4.69) is 0 Å². The van der Waals surface area contributed by atoms with Crippen molar-refractivity contribution >= 4 is 36.4 Å². The first kappa shape index (κ1) is 17.3. The van der Waals surface area contributed by atoms with Crippen molar-refractivity contribution in [3.05, 3.63) is 12.2 Å². The van der Waals surface area contributed by atoms with Crippen LogP contribution in [0.3, 0.4) is 0 Å². The van der Waals surface area contributed by atoms with E-state index in [4.69, 9.17) is 10.2 Å². The van der Waals surface area contributed by atoms with Gasteiger partial charge in [-0.2, -0.15) is 0 Å². The predicted molar refractivity (Wildman–Crippen MR) is 35.5 cm³/mol. The first-order valence-corrected chi connectivity index (χ1v) is 1.77. The third-order valence-corrected chi connectivity index (χ3v) is 0.368. The first-order chi connectivity index (χ1) is 3.63. The van der Waals surface area contributed by atoms with Crippen LogP contribution in [0.1, 0.15) is 1.43 Å². The monoisotopic (exact) mass is 280 g/mol. The molecule has 0 spiro atoms. The van der Waals surface area contributed by atoms with Gasteiger partial charge in [0.1, 0.15) is 0 Å². The normalized spacial score (nSPS) is 7.60. The predicted octanol–water partition coefficient (Wildman–Crippen LogP) is -4.36. The van der Waals surface area contributed by atoms with Gasteiger partial charge in [0.15, 0.2) is 0 Å². The Morgan fingerprint density at radius 2 is 1.30 bits per heavy atom. The van der Waals surface area contributed by atoms with Gasteiger partial charge in [0, 0.05) is 12.2 Å². The molecule has 10 heavy (non-hydrogen) atoms. The molecule has 0 aromatic heterocycles. The Balaban J connectivity index is -0.0000000817. The van der Waals surface area contributed by atoms with Crippen LogP contribution in [0.25, 0.3) is 0 Å². The molecule has 0 rings (SSSR count). The number of rotatable bonds is 2. The molecular weight excluding hydrogens is 273 g/mol. The van der Waals surface area contributed by atoms with Crippen LogP contribution in [0.2, 0.25) is 0 Å². The van der Waals surface area contributed by atoms with Gasteiger partial charge in [-0.05, 0) is 0 Å². The van der Waals surface area contributed by atoms with Crippen LogP contribution in [0.5, 0.6) is 0 Å². The summed E-state index contributed by atoms with van der Waals surface area (Å²) in [7, 11) is 0. The Hall–Kier alpha value is 1.13. The summed E-state index contributed by atoms with van der Waals surface area (Å²) in [5, 5.41) is 15.6. The molecule has 0 atom stereocenters. The van der Waals surface area contributed by atoms with Crippen LogP contribution < -0.4 is 51.4 Å². The molecular formula is C4H8KO4Sb. The van der Waals surface area contributed by atoms with E-state index >= 15 is 0 Å². The minimum atomic E-state index is -1.26. The van der Waals surface area contributed by atoms with Gasteiger partial charge in [-0.3, -0.25) is 0 Å². The topological polar surface area (TPSA) is 74.6 Å². The van der Waals surface area contributed by atoms with E-state index in [0.29, 0.717) is 12.2 Å². The van der Waals surface area contributed by atoms with Crippen LogP contribution in [-0.2, 0) is 9.59 Å². The fourth-order valence-corrected chi connectivity index (χ4v) is 0.143. The fraction of sp³-hybridized carbons (Fsp3) is 0. The summed E-state index contributed by atoms with van der Waals surface area (Å²) >= 11 is 0. The quantitative estimate of drug-likeness (QED) is 0.396. The van der Waals surface area contributed by atoms with Crippen LogP contribution in [0.4, 0.5) is 0 Å². The van der Waals surface area contributed by atoms with Gasteiger partial charge in [0.2, 0.25) is 0 Å². The molecule has 0 fully saturated rings. The van der Waals surface area contributed by atoms with E-state index in [1.165, 1.54) is 0 Å². The standard InChI is InChI=1S/C4H4O4.K.Sb.4H/c5-3(6)1-2-4(7)8;;;;;;/h1-2H,(H,5,6)(H,7,8);;;;;;/q;+1;;;;;-1/b2-1-;;;;;;. The van der Waals surface area contributed by atoms with Crippen molar-refractivity contribution in [3.63, 3.8) is 0 Å². The zero-order valence-electron chi connectivity index (χ0n) is 6.57. The molecule has 0 aliphatic rings. The SMILES string of the molecule is O=C(O)/C=C\C(=O)O.[H-].[K+].[SbH3]. The van der Waals surface area contributed by atoms with Gasteiger partial charge in [-0.25, -0.2) is 9.59 Å². The van der Waals surface area contributed by atoms with E-state index in [0.717, 1.165) is 0 Å². The summed E-state index contributed by atoms with van der Waals surface area (Å²) in [4.78, 5) is 19.1. The first-order valence-electron chi connectivity index (χ1n) is 1.77. The molecule has 0 heterocycles. The Bertz CT molecular complexity index is 133. The third kappa shape index (κ3) is 16.1. The minimum absolute atomic E-state index is 0. The second-order valence-corrected chi connectivity index (χ2v) is 1.01. The Morgan fingerprint density at radius 3 is 1.40 bits per heavy atom. The average Bonchev–Trinajstić information content (AvgIpc) is 1.61. The Labute approximate surface area is 119 Å². The summed E-state index contributed by atoms with van der Waals surface area (Å²) in [6, 6.07) is 0. The molecule has 0 saturated heterocycles. The Morgan fingerprint density at radius 1 is 1.10 bits per heavy atom. The summed E-state index contributed by atoms with van der Waals surface area (Å²) in [6.07, 6.45) is 1.12. The number of hydrogen-bond donors (Lipinski definition) is 2. The Kier molecular flexibility index (Phi) is 17.5. The molecule has 54 valence electrons. The molecule has 6 heteroatoms. The van der Waals surface area contributed by atoms with Crippen molar-refractivity contribution in [2.75, 3.05) is 0 Å². The second-order valence-electron chi connectivity index (χ2n) is 1.01. The zero-order valence-corrected chi connectivity index (χ0v) is 12.7. The molecule has 0 aromatic rings. The molecule has 0 aliphatic heterocycles. The molecule has 0 radical (unpaired) electrons. The number of aliphatic carboxylic acids is 2. The fourth-order valence-electron chi connectivity index (χ4n) is 0.143. The van der Waals surface area contributed by atoms with E-state index in [-0.39, 0.29) is 77.2 Å². The van der Waals surface area contributed by atoms with Crippen molar-refractivity contribution < 1.29 is 72.6 Å². The van der Waals surface area contributed by atoms with Gasteiger partial charge >= 0.3 is 87.8 Å². The van der Waals surface area contributed by atoms with Gasteiger partial charge in [0.25, 0.3) is 0 Å². The number of carbonyl (C=O) groups is 2. The van der Waals surface area contributed by atoms with Crippen molar-refractivity contribution in [1.82, 2.24) is 0 Å². The van der Waals surface area contributed by atoms with E-state index in [1.54, 1.807) is 0 Å².